The van der Waals surface area contributed by atoms with E-state index in [2.05, 4.69) is 22.4 Å². The van der Waals surface area contributed by atoms with Crippen molar-refractivity contribution in [3.8, 4) is 0 Å². The zero-order valence-corrected chi connectivity index (χ0v) is 11.2. The first-order valence-electron chi connectivity index (χ1n) is 6.44. The molecule has 2 aromatic rings. The molecular formula is C14H18FN3O. The van der Waals surface area contributed by atoms with Gasteiger partial charge in [0, 0.05) is 18.9 Å². The molecule has 0 amide bonds. The Balaban J connectivity index is 2.01. The highest BCUT2D eigenvalue weighted by Gasteiger charge is 2.12. The Morgan fingerprint density at radius 1 is 1.42 bits per heavy atom. The Hall–Kier alpha value is -1.75. The number of aromatic nitrogens is 2. The smallest absolute Gasteiger partial charge is 0.228 e. The van der Waals surface area contributed by atoms with E-state index >= 15 is 0 Å². The standard InChI is InChI=1S/C14H18FN3O/c1-3-12(16-2)9-14-17-13(18-19-14)8-10-5-4-6-11(15)7-10/h4-7,12,16H,3,8-9H2,1-2H3. The van der Waals surface area contributed by atoms with Gasteiger partial charge in [-0.15, -0.1) is 0 Å². The number of rotatable bonds is 6. The van der Waals surface area contributed by atoms with Gasteiger partial charge in [-0.05, 0) is 31.2 Å². The first-order chi connectivity index (χ1) is 9.21. The van der Waals surface area contributed by atoms with Gasteiger partial charge in [0.15, 0.2) is 5.82 Å². The predicted octanol–water partition coefficient (Wildman–Crippen LogP) is 2.34. The second kappa shape index (κ2) is 6.43. The number of likely N-dealkylation sites (N-methyl/N-ethyl adjacent to an activating group) is 1. The maximum Gasteiger partial charge on any atom is 0.228 e. The summed E-state index contributed by atoms with van der Waals surface area (Å²) in [6.45, 7) is 2.10. The highest BCUT2D eigenvalue weighted by atomic mass is 19.1. The third kappa shape index (κ3) is 3.86. The molecule has 0 bridgehead atoms. The van der Waals surface area contributed by atoms with Crippen LogP contribution in [0.1, 0.15) is 30.6 Å². The second-order valence-corrected chi connectivity index (χ2v) is 4.51. The lowest BCUT2D eigenvalue weighted by atomic mass is 10.1. The van der Waals surface area contributed by atoms with Gasteiger partial charge >= 0.3 is 0 Å². The fourth-order valence-corrected chi connectivity index (χ4v) is 1.94. The van der Waals surface area contributed by atoms with Crippen molar-refractivity contribution in [2.24, 2.45) is 0 Å². The van der Waals surface area contributed by atoms with Crippen LogP contribution in [-0.2, 0) is 12.8 Å². The number of hydrogen-bond acceptors (Lipinski definition) is 4. The van der Waals surface area contributed by atoms with E-state index < -0.39 is 0 Å². The van der Waals surface area contributed by atoms with Crippen LogP contribution in [0.3, 0.4) is 0 Å². The van der Waals surface area contributed by atoms with Crippen LogP contribution in [0, 0.1) is 5.82 Å². The fraction of sp³-hybridized carbons (Fsp3) is 0.429. The molecule has 0 spiro atoms. The van der Waals surface area contributed by atoms with Gasteiger partial charge in [0.25, 0.3) is 0 Å². The number of nitrogens with zero attached hydrogens (tertiary/aromatic N) is 2. The summed E-state index contributed by atoms with van der Waals surface area (Å²) >= 11 is 0. The summed E-state index contributed by atoms with van der Waals surface area (Å²) in [5.74, 6) is 0.960. The van der Waals surface area contributed by atoms with Crippen molar-refractivity contribution in [1.82, 2.24) is 15.5 Å². The molecule has 0 fully saturated rings. The molecule has 0 aliphatic carbocycles. The van der Waals surface area contributed by atoms with Gasteiger partial charge in [-0.3, -0.25) is 0 Å². The minimum Gasteiger partial charge on any atom is -0.339 e. The maximum atomic E-state index is 13.1. The summed E-state index contributed by atoms with van der Waals surface area (Å²) < 4.78 is 18.3. The molecular weight excluding hydrogens is 245 g/mol. The maximum absolute atomic E-state index is 13.1. The Bertz CT molecular complexity index is 523. The number of hydrogen-bond donors (Lipinski definition) is 1. The van der Waals surface area contributed by atoms with Crippen LogP contribution < -0.4 is 5.32 Å². The SMILES string of the molecule is CCC(Cc1nc(Cc2cccc(F)c2)no1)NC. The van der Waals surface area contributed by atoms with Crippen LogP contribution >= 0.6 is 0 Å². The van der Waals surface area contributed by atoms with Crippen molar-refractivity contribution in [3.63, 3.8) is 0 Å². The molecule has 1 unspecified atom stereocenters. The van der Waals surface area contributed by atoms with Crippen LogP contribution in [0.15, 0.2) is 28.8 Å². The van der Waals surface area contributed by atoms with Gasteiger partial charge in [-0.25, -0.2) is 4.39 Å². The lowest BCUT2D eigenvalue weighted by molar-refractivity contribution is 0.355. The van der Waals surface area contributed by atoms with Gasteiger partial charge in [0.1, 0.15) is 5.82 Å². The van der Waals surface area contributed by atoms with Crippen LogP contribution in [0.25, 0.3) is 0 Å². The Kier molecular flexibility index (Phi) is 4.63. The summed E-state index contributed by atoms with van der Waals surface area (Å²) in [5, 5.41) is 7.12. The van der Waals surface area contributed by atoms with Crippen molar-refractivity contribution in [1.29, 1.82) is 0 Å². The van der Waals surface area contributed by atoms with Gasteiger partial charge in [-0.2, -0.15) is 4.98 Å². The third-order valence-corrected chi connectivity index (χ3v) is 3.08. The second-order valence-electron chi connectivity index (χ2n) is 4.51. The van der Waals surface area contributed by atoms with Crippen LogP contribution in [0.5, 0.6) is 0 Å². The predicted molar refractivity (Wildman–Crippen MR) is 70.3 cm³/mol. The minimum atomic E-state index is -0.248. The highest BCUT2D eigenvalue weighted by molar-refractivity contribution is 5.19. The van der Waals surface area contributed by atoms with E-state index in [-0.39, 0.29) is 5.82 Å². The summed E-state index contributed by atoms with van der Waals surface area (Å²) in [5.41, 5.74) is 0.841. The van der Waals surface area contributed by atoms with Crippen molar-refractivity contribution in [2.75, 3.05) is 7.05 Å². The topological polar surface area (TPSA) is 51.0 Å². The fourth-order valence-electron chi connectivity index (χ4n) is 1.94. The molecule has 1 heterocycles. The summed E-state index contributed by atoms with van der Waals surface area (Å²) in [6, 6.07) is 6.77. The number of benzene rings is 1. The largest absolute Gasteiger partial charge is 0.339 e. The lowest BCUT2D eigenvalue weighted by Crippen LogP contribution is -2.26. The number of nitrogens with one attached hydrogen (secondary N) is 1. The van der Waals surface area contributed by atoms with E-state index in [4.69, 9.17) is 4.52 Å². The molecule has 1 aromatic heterocycles. The van der Waals surface area contributed by atoms with Crippen molar-refractivity contribution in [2.45, 2.75) is 32.2 Å². The zero-order valence-electron chi connectivity index (χ0n) is 11.2. The molecule has 2 rings (SSSR count). The molecule has 0 saturated heterocycles. The molecule has 102 valence electrons. The van der Waals surface area contributed by atoms with E-state index in [9.17, 15) is 4.39 Å². The van der Waals surface area contributed by atoms with E-state index in [0.29, 0.717) is 30.6 Å². The average Bonchev–Trinajstić information content (AvgIpc) is 2.83. The molecule has 4 nitrogen and oxygen atoms in total. The van der Waals surface area contributed by atoms with E-state index in [1.54, 1.807) is 6.07 Å². The molecule has 0 radical (unpaired) electrons. The van der Waals surface area contributed by atoms with Gasteiger partial charge in [0.2, 0.25) is 5.89 Å². The van der Waals surface area contributed by atoms with Crippen molar-refractivity contribution >= 4 is 0 Å². The van der Waals surface area contributed by atoms with E-state index in [1.807, 2.05) is 13.1 Å². The van der Waals surface area contributed by atoms with Gasteiger partial charge in [0.05, 0.1) is 0 Å². The molecule has 1 atom stereocenters. The third-order valence-electron chi connectivity index (χ3n) is 3.08. The van der Waals surface area contributed by atoms with E-state index in [1.165, 1.54) is 12.1 Å². The highest BCUT2D eigenvalue weighted by Crippen LogP contribution is 2.10. The van der Waals surface area contributed by atoms with Crippen molar-refractivity contribution < 1.29 is 8.91 Å². The molecule has 0 aliphatic heterocycles. The van der Waals surface area contributed by atoms with Crippen molar-refractivity contribution in [3.05, 3.63) is 47.4 Å². The van der Waals surface area contributed by atoms with Crippen LogP contribution in [0.4, 0.5) is 4.39 Å². The quantitative estimate of drug-likeness (QED) is 0.869. The van der Waals surface area contributed by atoms with E-state index in [0.717, 1.165) is 12.0 Å². The molecule has 1 aromatic carbocycles. The molecule has 0 aliphatic rings. The van der Waals surface area contributed by atoms with Gasteiger partial charge in [-0.1, -0.05) is 24.2 Å². The molecule has 1 N–H and O–H groups in total. The summed E-state index contributed by atoms with van der Waals surface area (Å²) in [7, 11) is 1.91. The molecule has 0 saturated carbocycles. The zero-order chi connectivity index (χ0) is 13.7. The normalized spacial score (nSPS) is 12.6. The number of halogens is 1. The first kappa shape index (κ1) is 13.7. The lowest BCUT2D eigenvalue weighted by Gasteiger charge is -2.09. The monoisotopic (exact) mass is 263 g/mol. The van der Waals surface area contributed by atoms with Crippen LogP contribution in [0.2, 0.25) is 0 Å². The Morgan fingerprint density at radius 2 is 2.26 bits per heavy atom. The minimum absolute atomic E-state index is 0.248. The average molecular weight is 263 g/mol. The Morgan fingerprint density at radius 3 is 2.95 bits per heavy atom. The Labute approximate surface area is 112 Å². The van der Waals surface area contributed by atoms with Gasteiger partial charge < -0.3 is 9.84 Å². The summed E-state index contributed by atoms with van der Waals surface area (Å²) in [4.78, 5) is 4.33. The first-order valence-corrected chi connectivity index (χ1v) is 6.44. The molecule has 19 heavy (non-hydrogen) atoms. The van der Waals surface area contributed by atoms with Crippen LogP contribution in [-0.4, -0.2) is 23.2 Å². The summed E-state index contributed by atoms with van der Waals surface area (Å²) in [6.07, 6.45) is 2.19. The molecule has 5 heteroatoms.